The number of benzene rings is 1. The quantitative estimate of drug-likeness (QED) is 0.899. The van der Waals surface area contributed by atoms with Crippen LogP contribution >= 0.6 is 0 Å². The monoisotopic (exact) mass is 319 g/mol. The maximum atomic E-state index is 12.6. The summed E-state index contributed by atoms with van der Waals surface area (Å²) in [7, 11) is 0. The third-order valence-electron chi connectivity index (χ3n) is 4.31. The molecule has 0 saturated heterocycles. The highest BCUT2D eigenvalue weighted by atomic mass is 16.6. The molecule has 2 unspecified atom stereocenters. The number of carbonyl (C=O) groups is 2. The first-order valence-corrected chi connectivity index (χ1v) is 7.97. The fourth-order valence-corrected chi connectivity index (χ4v) is 3.14. The number of nitrogens with zero attached hydrogens (tertiary/aromatic N) is 1. The lowest BCUT2D eigenvalue weighted by Gasteiger charge is -2.33. The summed E-state index contributed by atoms with van der Waals surface area (Å²) in [5, 5.41) is 9.23. The summed E-state index contributed by atoms with van der Waals surface area (Å²) in [6, 6.07) is 9.92. The number of rotatable bonds is 5. The van der Waals surface area contributed by atoms with Gasteiger partial charge in [-0.1, -0.05) is 37.3 Å². The lowest BCUT2D eigenvalue weighted by atomic mass is 10.0. The van der Waals surface area contributed by atoms with Crippen LogP contribution in [0.3, 0.4) is 0 Å². The van der Waals surface area contributed by atoms with E-state index < -0.39 is 23.2 Å². The number of hydrogen-bond donors (Lipinski definition) is 1. The molecule has 1 aromatic rings. The molecule has 23 heavy (non-hydrogen) atoms. The van der Waals surface area contributed by atoms with Gasteiger partial charge in [-0.3, -0.25) is 9.69 Å². The van der Waals surface area contributed by atoms with Crippen LogP contribution in [0.25, 0.3) is 0 Å². The second kappa shape index (κ2) is 6.22. The Morgan fingerprint density at radius 3 is 2.39 bits per heavy atom. The van der Waals surface area contributed by atoms with Gasteiger partial charge in [-0.15, -0.1) is 0 Å². The average molecular weight is 319 g/mol. The van der Waals surface area contributed by atoms with E-state index in [-0.39, 0.29) is 12.5 Å². The van der Waals surface area contributed by atoms with Crippen molar-refractivity contribution in [3.63, 3.8) is 0 Å². The van der Waals surface area contributed by atoms with E-state index in [1.807, 2.05) is 37.3 Å². The molecule has 2 atom stereocenters. The van der Waals surface area contributed by atoms with Gasteiger partial charge < -0.3 is 9.84 Å². The molecule has 126 valence electrons. The van der Waals surface area contributed by atoms with Gasteiger partial charge in [0.05, 0.1) is 5.54 Å². The number of carboxylic acid groups (broad SMARTS) is 1. The molecule has 5 nitrogen and oxygen atoms in total. The highest BCUT2D eigenvalue weighted by molar-refractivity contribution is 5.78. The molecule has 1 saturated carbocycles. The van der Waals surface area contributed by atoms with Gasteiger partial charge in [-0.05, 0) is 39.2 Å². The van der Waals surface area contributed by atoms with Gasteiger partial charge in [0.2, 0.25) is 0 Å². The van der Waals surface area contributed by atoms with Gasteiger partial charge >= 0.3 is 12.1 Å². The summed E-state index contributed by atoms with van der Waals surface area (Å²) in [4.78, 5) is 25.2. The fourth-order valence-electron chi connectivity index (χ4n) is 3.14. The molecular weight excluding hydrogens is 294 g/mol. The summed E-state index contributed by atoms with van der Waals surface area (Å²) in [6.45, 7) is 6.99. The summed E-state index contributed by atoms with van der Waals surface area (Å²) in [5.41, 5.74) is 0.00965. The molecule has 1 aliphatic rings. The van der Waals surface area contributed by atoms with Crippen molar-refractivity contribution in [2.24, 2.45) is 0 Å². The van der Waals surface area contributed by atoms with Crippen molar-refractivity contribution in [1.29, 1.82) is 0 Å². The van der Waals surface area contributed by atoms with E-state index >= 15 is 0 Å². The van der Waals surface area contributed by atoms with Gasteiger partial charge in [0.15, 0.2) is 0 Å². The van der Waals surface area contributed by atoms with Gasteiger partial charge in [0, 0.05) is 5.92 Å². The molecule has 0 radical (unpaired) electrons. The molecule has 0 spiro atoms. The topological polar surface area (TPSA) is 66.8 Å². The van der Waals surface area contributed by atoms with Crippen molar-refractivity contribution >= 4 is 12.1 Å². The molecule has 0 aliphatic heterocycles. The van der Waals surface area contributed by atoms with Crippen LogP contribution in [0.1, 0.15) is 52.0 Å². The van der Waals surface area contributed by atoms with Crippen molar-refractivity contribution in [3.8, 4) is 0 Å². The van der Waals surface area contributed by atoms with Crippen LogP contribution in [0.5, 0.6) is 0 Å². The van der Waals surface area contributed by atoms with Crippen LogP contribution in [-0.2, 0) is 9.53 Å². The Morgan fingerprint density at radius 1 is 1.30 bits per heavy atom. The molecule has 2 rings (SSSR count). The van der Waals surface area contributed by atoms with E-state index in [0.717, 1.165) is 12.0 Å². The molecule has 0 bridgehead atoms. The smallest absolute Gasteiger partial charge is 0.411 e. The summed E-state index contributed by atoms with van der Waals surface area (Å²) in [5.74, 6) is -0.872. The second-order valence-corrected chi connectivity index (χ2v) is 7.08. The van der Waals surface area contributed by atoms with Crippen molar-refractivity contribution in [2.75, 3.05) is 6.54 Å². The van der Waals surface area contributed by atoms with Crippen molar-refractivity contribution < 1.29 is 19.4 Å². The van der Waals surface area contributed by atoms with Crippen LogP contribution in [0.4, 0.5) is 4.79 Å². The predicted octanol–water partition coefficient (Wildman–Crippen LogP) is 3.64. The first-order chi connectivity index (χ1) is 10.7. The Bertz CT molecular complexity index is 578. The maximum Gasteiger partial charge on any atom is 0.411 e. The van der Waals surface area contributed by atoms with E-state index in [1.54, 1.807) is 20.8 Å². The van der Waals surface area contributed by atoms with Crippen molar-refractivity contribution in [2.45, 2.75) is 57.6 Å². The molecular formula is C18H25NO4. The zero-order valence-corrected chi connectivity index (χ0v) is 14.2. The highest BCUT2D eigenvalue weighted by Gasteiger charge is 2.60. The molecule has 1 fully saturated rings. The third kappa shape index (κ3) is 3.84. The first kappa shape index (κ1) is 17.3. The van der Waals surface area contributed by atoms with E-state index in [0.29, 0.717) is 6.42 Å². The van der Waals surface area contributed by atoms with Crippen LogP contribution in [0.2, 0.25) is 0 Å². The predicted molar refractivity (Wildman–Crippen MR) is 87.4 cm³/mol. The zero-order valence-electron chi connectivity index (χ0n) is 14.2. The van der Waals surface area contributed by atoms with Gasteiger partial charge in [0.25, 0.3) is 0 Å². The summed E-state index contributed by atoms with van der Waals surface area (Å²) < 4.78 is 5.44. The van der Waals surface area contributed by atoms with Crippen LogP contribution in [-0.4, -0.2) is 39.8 Å². The number of carboxylic acids is 1. The average Bonchev–Trinajstić information content (AvgIpc) is 3.19. The van der Waals surface area contributed by atoms with Gasteiger partial charge in [0.1, 0.15) is 12.1 Å². The third-order valence-corrected chi connectivity index (χ3v) is 4.31. The van der Waals surface area contributed by atoms with Crippen LogP contribution < -0.4 is 0 Å². The van der Waals surface area contributed by atoms with Gasteiger partial charge in [-0.25, -0.2) is 4.79 Å². The van der Waals surface area contributed by atoms with Crippen LogP contribution in [0, 0.1) is 0 Å². The lowest BCUT2D eigenvalue weighted by molar-refractivity contribution is -0.139. The van der Waals surface area contributed by atoms with E-state index in [9.17, 15) is 14.7 Å². The minimum Gasteiger partial charge on any atom is -0.480 e. The first-order valence-electron chi connectivity index (χ1n) is 7.97. The number of ether oxygens (including phenoxy) is 1. The Hall–Kier alpha value is -2.04. The molecule has 1 aliphatic carbocycles. The molecule has 0 aromatic heterocycles. The van der Waals surface area contributed by atoms with Crippen molar-refractivity contribution in [3.05, 3.63) is 35.9 Å². The molecule has 5 heteroatoms. The maximum absolute atomic E-state index is 12.6. The Kier molecular flexibility index (Phi) is 4.68. The molecule has 1 aromatic carbocycles. The van der Waals surface area contributed by atoms with E-state index in [1.165, 1.54) is 4.90 Å². The SMILES string of the molecule is CCC1(N(CC(=O)O)C(=O)OC(C)(C)C)CC1c1ccccc1. The van der Waals surface area contributed by atoms with Gasteiger partial charge in [-0.2, -0.15) is 0 Å². The fraction of sp³-hybridized carbons (Fsp3) is 0.556. The molecule has 0 heterocycles. The molecule has 1 N–H and O–H groups in total. The van der Waals surface area contributed by atoms with Crippen LogP contribution in [0.15, 0.2) is 30.3 Å². The minimum absolute atomic E-state index is 0.153. The number of aliphatic carboxylic acids is 1. The summed E-state index contributed by atoms with van der Waals surface area (Å²) >= 11 is 0. The number of amides is 1. The Balaban J connectivity index is 2.27. The molecule has 1 amide bonds. The Labute approximate surface area is 137 Å². The minimum atomic E-state index is -1.03. The number of hydrogen-bond acceptors (Lipinski definition) is 3. The van der Waals surface area contributed by atoms with E-state index in [2.05, 4.69) is 0 Å². The lowest BCUT2D eigenvalue weighted by Crippen LogP contribution is -2.48. The van der Waals surface area contributed by atoms with E-state index in [4.69, 9.17) is 4.74 Å². The Morgan fingerprint density at radius 2 is 1.91 bits per heavy atom. The summed E-state index contributed by atoms with van der Waals surface area (Å²) in [6.07, 6.45) is 0.902. The zero-order chi connectivity index (χ0) is 17.3. The standard InChI is InChI=1S/C18H25NO4/c1-5-18(11-14(18)13-9-7-6-8-10-13)19(12-15(20)21)16(22)23-17(2,3)4/h6-10,14H,5,11-12H2,1-4H3,(H,20,21). The van der Waals surface area contributed by atoms with Crippen molar-refractivity contribution in [1.82, 2.24) is 4.90 Å². The largest absolute Gasteiger partial charge is 0.480 e. The second-order valence-electron chi connectivity index (χ2n) is 7.08. The normalized spacial score (nSPS) is 23.2. The highest BCUT2D eigenvalue weighted by Crippen LogP contribution is 2.57. The number of carbonyl (C=O) groups excluding carboxylic acids is 1.